The summed E-state index contributed by atoms with van der Waals surface area (Å²) >= 11 is 5.65. The minimum Gasteiger partial charge on any atom is -0.456 e. The fourth-order valence-electron chi connectivity index (χ4n) is 3.22. The number of rotatable bonds is 12. The van der Waals surface area contributed by atoms with Crippen LogP contribution in [0.1, 0.15) is 73.9 Å². The first-order chi connectivity index (χ1) is 14.0. The highest BCUT2D eigenvalue weighted by atomic mass is 35.5. The normalized spacial score (nSPS) is 10.7. The Morgan fingerprint density at radius 2 is 1.62 bits per heavy atom. The number of halogens is 1. The van der Waals surface area contributed by atoms with Crippen molar-refractivity contribution in [3.63, 3.8) is 0 Å². The molecule has 0 aliphatic carbocycles. The van der Waals surface area contributed by atoms with E-state index < -0.39 is 10.2 Å². The first-order valence-electron chi connectivity index (χ1n) is 10.2. The molecule has 156 valence electrons. The fourth-order valence-corrected chi connectivity index (χ4v) is 3.37. The van der Waals surface area contributed by atoms with E-state index in [0.717, 1.165) is 50.2 Å². The van der Waals surface area contributed by atoms with E-state index >= 15 is 0 Å². The third kappa shape index (κ3) is 6.86. The van der Waals surface area contributed by atoms with Crippen LogP contribution in [0.3, 0.4) is 0 Å². The minimum absolute atomic E-state index is 0.00704. The molecule has 0 aliphatic heterocycles. The third-order valence-electron chi connectivity index (χ3n) is 4.85. The number of benzene rings is 2. The van der Waals surface area contributed by atoms with Gasteiger partial charge in [-0.2, -0.15) is 0 Å². The molecule has 0 bridgehead atoms. The van der Waals surface area contributed by atoms with Gasteiger partial charge in [0.25, 0.3) is 10.9 Å². The van der Waals surface area contributed by atoms with E-state index in [-0.39, 0.29) is 17.0 Å². The topological polar surface area (TPSA) is 69.4 Å². The number of nitro groups is 1. The Hall–Kier alpha value is -2.40. The number of hydrogen-bond donors (Lipinski definition) is 0. The SMILES string of the molecule is CCCCCc1ccc(Oc2ccc([N+](=O)[O-])cc2C(=O)Cl)c(CCCCC)c1. The number of non-ortho nitro benzene ring substituents is 1. The zero-order chi connectivity index (χ0) is 21.2. The molecule has 5 nitrogen and oxygen atoms in total. The van der Waals surface area contributed by atoms with Gasteiger partial charge in [0.05, 0.1) is 10.5 Å². The summed E-state index contributed by atoms with van der Waals surface area (Å²) in [6, 6.07) is 10.0. The van der Waals surface area contributed by atoms with Crippen molar-refractivity contribution in [1.29, 1.82) is 0 Å². The first kappa shape index (κ1) is 22.9. The Morgan fingerprint density at radius 1 is 0.966 bits per heavy atom. The molecule has 0 spiro atoms. The highest BCUT2D eigenvalue weighted by Crippen LogP contribution is 2.33. The van der Waals surface area contributed by atoms with Crippen molar-refractivity contribution >= 4 is 22.5 Å². The van der Waals surface area contributed by atoms with Gasteiger partial charge in [-0.15, -0.1) is 0 Å². The Labute approximate surface area is 177 Å². The quantitative estimate of drug-likeness (QED) is 0.158. The highest BCUT2D eigenvalue weighted by molar-refractivity contribution is 6.68. The van der Waals surface area contributed by atoms with Crippen molar-refractivity contribution in [3.8, 4) is 11.5 Å². The van der Waals surface area contributed by atoms with Crippen LogP contribution in [0, 0.1) is 10.1 Å². The molecule has 29 heavy (non-hydrogen) atoms. The Kier molecular flexibility index (Phi) is 9.13. The number of unbranched alkanes of at least 4 members (excludes halogenated alkanes) is 4. The van der Waals surface area contributed by atoms with Crippen LogP contribution in [-0.2, 0) is 12.8 Å². The molecule has 0 atom stereocenters. The summed E-state index contributed by atoms with van der Waals surface area (Å²) in [6.07, 6.45) is 8.74. The van der Waals surface area contributed by atoms with Crippen molar-refractivity contribution in [2.24, 2.45) is 0 Å². The summed E-state index contributed by atoms with van der Waals surface area (Å²) in [4.78, 5) is 22.2. The maximum absolute atomic E-state index is 11.8. The Bertz CT molecular complexity index is 851. The molecule has 2 aromatic carbocycles. The van der Waals surface area contributed by atoms with Crippen molar-refractivity contribution in [1.82, 2.24) is 0 Å². The van der Waals surface area contributed by atoms with Gasteiger partial charge < -0.3 is 4.74 Å². The van der Waals surface area contributed by atoms with E-state index in [2.05, 4.69) is 19.9 Å². The van der Waals surface area contributed by atoms with Crippen LogP contribution >= 0.6 is 11.6 Å². The number of carbonyl (C=O) groups is 1. The number of ether oxygens (including phenoxy) is 1. The van der Waals surface area contributed by atoms with E-state index in [1.165, 1.54) is 30.5 Å². The number of nitrogens with zero attached hydrogens (tertiary/aromatic N) is 1. The van der Waals surface area contributed by atoms with Gasteiger partial charge >= 0.3 is 0 Å². The molecule has 0 unspecified atom stereocenters. The average molecular weight is 418 g/mol. The molecular weight excluding hydrogens is 390 g/mol. The molecule has 2 rings (SSSR count). The smallest absolute Gasteiger partial charge is 0.270 e. The predicted octanol–water partition coefficient (Wildman–Crippen LogP) is 7.23. The number of carbonyl (C=O) groups excluding carboxylic acids is 1. The molecule has 0 heterocycles. The summed E-state index contributed by atoms with van der Waals surface area (Å²) in [5.41, 5.74) is 2.15. The molecule has 0 fully saturated rings. The summed E-state index contributed by atoms with van der Waals surface area (Å²) in [7, 11) is 0. The summed E-state index contributed by atoms with van der Waals surface area (Å²) < 4.78 is 6.02. The molecule has 0 aromatic heterocycles. The monoisotopic (exact) mass is 417 g/mol. The van der Waals surface area contributed by atoms with Crippen LogP contribution in [0.4, 0.5) is 5.69 Å². The zero-order valence-corrected chi connectivity index (χ0v) is 17.8. The maximum atomic E-state index is 11.8. The van der Waals surface area contributed by atoms with Gasteiger partial charge in [0.15, 0.2) is 0 Å². The number of aryl methyl sites for hydroxylation is 2. The second-order valence-electron chi connectivity index (χ2n) is 7.17. The molecule has 0 N–H and O–H groups in total. The minimum atomic E-state index is -0.785. The summed E-state index contributed by atoms with van der Waals surface area (Å²) in [6.45, 7) is 4.35. The van der Waals surface area contributed by atoms with Crippen LogP contribution in [0.5, 0.6) is 11.5 Å². The van der Waals surface area contributed by atoms with Crippen LogP contribution in [0.2, 0.25) is 0 Å². The average Bonchev–Trinajstić information content (AvgIpc) is 2.70. The van der Waals surface area contributed by atoms with Crippen molar-refractivity contribution in [3.05, 3.63) is 63.2 Å². The largest absolute Gasteiger partial charge is 0.456 e. The molecular formula is C23H28ClNO4. The van der Waals surface area contributed by atoms with Crippen LogP contribution < -0.4 is 4.74 Å². The van der Waals surface area contributed by atoms with Gasteiger partial charge in [0.1, 0.15) is 11.5 Å². The van der Waals surface area contributed by atoms with Crippen molar-refractivity contribution in [2.45, 2.75) is 65.2 Å². The van der Waals surface area contributed by atoms with E-state index in [0.29, 0.717) is 5.75 Å². The van der Waals surface area contributed by atoms with Crippen LogP contribution in [-0.4, -0.2) is 10.2 Å². The summed E-state index contributed by atoms with van der Waals surface area (Å²) in [5, 5.41) is 10.2. The first-order valence-corrected chi connectivity index (χ1v) is 10.6. The summed E-state index contributed by atoms with van der Waals surface area (Å²) in [5.74, 6) is 0.888. The number of hydrogen-bond acceptors (Lipinski definition) is 4. The van der Waals surface area contributed by atoms with E-state index in [9.17, 15) is 14.9 Å². The Balaban J connectivity index is 2.32. The lowest BCUT2D eigenvalue weighted by molar-refractivity contribution is -0.384. The molecule has 6 heteroatoms. The second-order valence-corrected chi connectivity index (χ2v) is 7.51. The zero-order valence-electron chi connectivity index (χ0n) is 17.1. The van der Waals surface area contributed by atoms with Gasteiger partial charge in [-0.1, -0.05) is 51.7 Å². The standard InChI is InChI=1S/C23H28ClNO4/c1-3-5-7-9-17-11-13-21(18(15-17)10-8-6-4-2)29-22-14-12-19(25(27)28)16-20(22)23(24)26/h11-16H,3-10H2,1-2H3. The highest BCUT2D eigenvalue weighted by Gasteiger charge is 2.18. The van der Waals surface area contributed by atoms with Gasteiger partial charge in [-0.25, -0.2) is 0 Å². The molecule has 0 saturated heterocycles. The Morgan fingerprint density at radius 3 is 2.24 bits per heavy atom. The van der Waals surface area contributed by atoms with Gasteiger partial charge in [0, 0.05) is 12.1 Å². The van der Waals surface area contributed by atoms with Crippen molar-refractivity contribution < 1.29 is 14.5 Å². The van der Waals surface area contributed by atoms with E-state index in [1.54, 1.807) is 0 Å². The van der Waals surface area contributed by atoms with Crippen LogP contribution in [0.25, 0.3) is 0 Å². The molecule has 0 radical (unpaired) electrons. The molecule has 0 amide bonds. The lowest BCUT2D eigenvalue weighted by atomic mass is 10.00. The maximum Gasteiger partial charge on any atom is 0.270 e. The molecule has 0 aliphatic rings. The fraction of sp³-hybridized carbons (Fsp3) is 0.435. The van der Waals surface area contributed by atoms with Crippen molar-refractivity contribution in [2.75, 3.05) is 0 Å². The van der Waals surface area contributed by atoms with E-state index in [1.807, 2.05) is 12.1 Å². The van der Waals surface area contributed by atoms with E-state index in [4.69, 9.17) is 16.3 Å². The molecule has 0 saturated carbocycles. The van der Waals surface area contributed by atoms with Gasteiger partial charge in [-0.05, 0) is 60.5 Å². The second kappa shape index (κ2) is 11.6. The molecule has 2 aromatic rings. The lowest BCUT2D eigenvalue weighted by Crippen LogP contribution is -2.00. The van der Waals surface area contributed by atoms with Gasteiger partial charge in [-0.3, -0.25) is 14.9 Å². The number of nitro benzene ring substituents is 1. The van der Waals surface area contributed by atoms with Gasteiger partial charge in [0.2, 0.25) is 0 Å². The van der Waals surface area contributed by atoms with Crippen LogP contribution in [0.15, 0.2) is 36.4 Å². The third-order valence-corrected chi connectivity index (χ3v) is 5.05. The predicted molar refractivity (Wildman–Crippen MR) is 116 cm³/mol. The lowest BCUT2D eigenvalue weighted by Gasteiger charge is -2.15.